The van der Waals surface area contributed by atoms with Gasteiger partial charge in [-0.15, -0.1) is 11.3 Å². The minimum Gasteiger partial charge on any atom is -0.398 e. The minimum absolute atomic E-state index is 0.0997. The highest BCUT2D eigenvalue weighted by Crippen LogP contribution is 2.13. The Kier molecular flexibility index (Phi) is 4.52. The van der Waals surface area contributed by atoms with Crippen LogP contribution in [0.15, 0.2) is 35.8 Å². The third kappa shape index (κ3) is 4.30. The largest absolute Gasteiger partial charge is 0.398 e. The van der Waals surface area contributed by atoms with Crippen LogP contribution in [0.5, 0.6) is 0 Å². The van der Waals surface area contributed by atoms with Crippen molar-refractivity contribution in [1.29, 1.82) is 0 Å². The molecule has 1 aromatic carbocycles. The second-order valence-corrected chi connectivity index (χ2v) is 6.81. The molecule has 0 saturated carbocycles. The SMILES string of the molecule is Nc1ccccc1CS(=O)(=O)NCCc1nccs1. The number of hydrogen-bond acceptors (Lipinski definition) is 5. The first-order valence-corrected chi connectivity index (χ1v) is 8.29. The molecule has 1 aromatic heterocycles. The monoisotopic (exact) mass is 297 g/mol. The molecule has 102 valence electrons. The summed E-state index contributed by atoms with van der Waals surface area (Å²) in [6.07, 6.45) is 2.31. The van der Waals surface area contributed by atoms with Gasteiger partial charge in [-0.1, -0.05) is 18.2 Å². The van der Waals surface area contributed by atoms with E-state index in [1.165, 1.54) is 11.3 Å². The molecule has 0 fully saturated rings. The Labute approximate surface area is 116 Å². The molecule has 0 aliphatic heterocycles. The van der Waals surface area contributed by atoms with Crippen LogP contribution in [-0.4, -0.2) is 19.9 Å². The van der Waals surface area contributed by atoms with Crippen LogP contribution in [0.4, 0.5) is 5.69 Å². The first-order valence-electron chi connectivity index (χ1n) is 5.76. The number of nitrogens with two attached hydrogens (primary N) is 1. The van der Waals surface area contributed by atoms with Crippen LogP contribution in [0.25, 0.3) is 0 Å². The Morgan fingerprint density at radius 1 is 1.32 bits per heavy atom. The summed E-state index contributed by atoms with van der Waals surface area (Å²) in [6, 6.07) is 6.97. The average molecular weight is 297 g/mol. The number of para-hydroxylation sites is 1. The number of aromatic nitrogens is 1. The Morgan fingerprint density at radius 3 is 2.79 bits per heavy atom. The number of rotatable bonds is 6. The molecule has 0 radical (unpaired) electrons. The fourth-order valence-corrected chi connectivity index (χ4v) is 3.42. The number of hydrogen-bond donors (Lipinski definition) is 2. The first-order chi connectivity index (χ1) is 9.07. The predicted molar refractivity (Wildman–Crippen MR) is 77.3 cm³/mol. The van der Waals surface area contributed by atoms with E-state index in [4.69, 9.17) is 5.73 Å². The third-order valence-electron chi connectivity index (χ3n) is 2.54. The van der Waals surface area contributed by atoms with E-state index in [0.717, 1.165) is 5.01 Å². The van der Waals surface area contributed by atoms with Crippen LogP contribution in [0.1, 0.15) is 10.6 Å². The van der Waals surface area contributed by atoms with Gasteiger partial charge in [0.1, 0.15) is 0 Å². The maximum Gasteiger partial charge on any atom is 0.215 e. The summed E-state index contributed by atoms with van der Waals surface area (Å²) >= 11 is 1.51. The molecule has 3 N–H and O–H groups in total. The van der Waals surface area contributed by atoms with Crippen LogP contribution in [0, 0.1) is 0 Å². The Hall–Kier alpha value is -1.44. The summed E-state index contributed by atoms with van der Waals surface area (Å²) in [4.78, 5) is 4.10. The van der Waals surface area contributed by atoms with Crippen LogP contribution in [-0.2, 0) is 22.2 Å². The molecule has 0 aliphatic rings. The van der Waals surface area contributed by atoms with Crippen molar-refractivity contribution >= 4 is 27.0 Å². The van der Waals surface area contributed by atoms with E-state index in [9.17, 15) is 8.42 Å². The van der Waals surface area contributed by atoms with Crippen LogP contribution in [0.3, 0.4) is 0 Å². The van der Waals surface area contributed by atoms with Gasteiger partial charge in [0.15, 0.2) is 0 Å². The first kappa shape index (κ1) is 14.0. The molecule has 0 unspecified atom stereocenters. The molecule has 0 amide bonds. The molecule has 0 bridgehead atoms. The maximum absolute atomic E-state index is 11.9. The standard InChI is InChI=1S/C12H15N3O2S2/c13-11-4-2-1-3-10(11)9-19(16,17)15-6-5-12-14-7-8-18-12/h1-4,7-8,15H,5-6,9,13H2. The predicted octanol–water partition coefficient (Wildman–Crippen LogP) is 1.39. The van der Waals surface area contributed by atoms with E-state index in [1.807, 2.05) is 5.38 Å². The van der Waals surface area contributed by atoms with E-state index in [-0.39, 0.29) is 5.75 Å². The molecule has 0 atom stereocenters. The highest BCUT2D eigenvalue weighted by atomic mass is 32.2. The molecule has 5 nitrogen and oxygen atoms in total. The summed E-state index contributed by atoms with van der Waals surface area (Å²) in [6.45, 7) is 0.350. The van der Waals surface area contributed by atoms with Gasteiger partial charge in [-0.3, -0.25) is 0 Å². The lowest BCUT2D eigenvalue weighted by atomic mass is 10.2. The zero-order chi connectivity index (χ0) is 13.7. The normalized spacial score (nSPS) is 11.6. The van der Waals surface area contributed by atoms with E-state index in [2.05, 4.69) is 9.71 Å². The van der Waals surface area contributed by atoms with Gasteiger partial charge in [-0.25, -0.2) is 18.1 Å². The lowest BCUT2D eigenvalue weighted by Crippen LogP contribution is -2.27. The van der Waals surface area contributed by atoms with Crippen molar-refractivity contribution in [2.24, 2.45) is 0 Å². The Morgan fingerprint density at radius 2 is 2.11 bits per heavy atom. The molecular weight excluding hydrogens is 282 g/mol. The highest BCUT2D eigenvalue weighted by molar-refractivity contribution is 7.88. The highest BCUT2D eigenvalue weighted by Gasteiger charge is 2.12. The van der Waals surface area contributed by atoms with Gasteiger partial charge < -0.3 is 5.73 Å². The minimum atomic E-state index is -3.36. The number of nitrogens with one attached hydrogen (secondary N) is 1. The lowest BCUT2D eigenvalue weighted by molar-refractivity contribution is 0.581. The summed E-state index contributed by atoms with van der Waals surface area (Å²) in [5.41, 5.74) is 6.84. The molecule has 0 saturated heterocycles. The fourth-order valence-electron chi connectivity index (χ4n) is 1.61. The second kappa shape index (κ2) is 6.14. The zero-order valence-corrected chi connectivity index (χ0v) is 11.9. The van der Waals surface area contributed by atoms with Crippen LogP contribution >= 0.6 is 11.3 Å². The van der Waals surface area contributed by atoms with Crippen molar-refractivity contribution < 1.29 is 8.42 Å². The summed E-state index contributed by atoms with van der Waals surface area (Å²) in [5, 5.41) is 2.79. The summed E-state index contributed by atoms with van der Waals surface area (Å²) in [5.74, 6) is -0.0997. The van der Waals surface area contributed by atoms with Gasteiger partial charge in [0.05, 0.1) is 10.8 Å². The summed E-state index contributed by atoms with van der Waals surface area (Å²) in [7, 11) is -3.36. The number of nitrogen functional groups attached to an aromatic ring is 1. The molecule has 2 rings (SSSR count). The second-order valence-electron chi connectivity index (χ2n) is 4.03. The van der Waals surface area contributed by atoms with Gasteiger partial charge in [0, 0.05) is 30.2 Å². The van der Waals surface area contributed by atoms with Crippen molar-refractivity contribution in [3.05, 3.63) is 46.4 Å². The van der Waals surface area contributed by atoms with E-state index < -0.39 is 10.0 Å². The van der Waals surface area contributed by atoms with Gasteiger partial charge in [-0.2, -0.15) is 0 Å². The number of sulfonamides is 1. The van der Waals surface area contributed by atoms with Gasteiger partial charge in [0.2, 0.25) is 10.0 Å². The van der Waals surface area contributed by atoms with Crippen LogP contribution < -0.4 is 10.5 Å². The van der Waals surface area contributed by atoms with E-state index >= 15 is 0 Å². The number of nitrogens with zero attached hydrogens (tertiary/aromatic N) is 1. The molecular formula is C12H15N3O2S2. The zero-order valence-electron chi connectivity index (χ0n) is 10.2. The number of thiazole rings is 1. The molecule has 2 aromatic rings. The van der Waals surface area contributed by atoms with Crippen molar-refractivity contribution in [2.75, 3.05) is 12.3 Å². The maximum atomic E-state index is 11.9. The van der Waals surface area contributed by atoms with Crippen LogP contribution in [0.2, 0.25) is 0 Å². The smallest absolute Gasteiger partial charge is 0.215 e. The quantitative estimate of drug-likeness (QED) is 0.789. The number of anilines is 1. The molecule has 1 heterocycles. The average Bonchev–Trinajstić information content (AvgIpc) is 2.85. The Bertz CT molecular complexity index is 624. The van der Waals surface area contributed by atoms with Crippen molar-refractivity contribution in [3.8, 4) is 0 Å². The lowest BCUT2D eigenvalue weighted by Gasteiger charge is -2.07. The Balaban J connectivity index is 1.90. The number of benzene rings is 1. The topological polar surface area (TPSA) is 85.1 Å². The van der Waals surface area contributed by atoms with Gasteiger partial charge in [-0.05, 0) is 11.6 Å². The fraction of sp³-hybridized carbons (Fsp3) is 0.250. The molecule has 0 aliphatic carbocycles. The van der Waals surface area contributed by atoms with Crippen molar-refractivity contribution in [3.63, 3.8) is 0 Å². The molecule has 0 spiro atoms. The van der Waals surface area contributed by atoms with E-state index in [1.54, 1.807) is 30.5 Å². The third-order valence-corrected chi connectivity index (χ3v) is 4.72. The van der Waals surface area contributed by atoms with Crippen molar-refractivity contribution in [1.82, 2.24) is 9.71 Å². The van der Waals surface area contributed by atoms with Crippen molar-refractivity contribution in [2.45, 2.75) is 12.2 Å². The van der Waals surface area contributed by atoms with E-state index in [0.29, 0.717) is 24.2 Å². The summed E-state index contributed by atoms with van der Waals surface area (Å²) < 4.78 is 26.4. The molecule has 19 heavy (non-hydrogen) atoms. The molecule has 7 heteroatoms. The van der Waals surface area contributed by atoms with Gasteiger partial charge in [0.25, 0.3) is 0 Å². The van der Waals surface area contributed by atoms with Gasteiger partial charge >= 0.3 is 0 Å².